The molecule has 0 amide bonds. The number of rotatable bonds is 6. The van der Waals surface area contributed by atoms with Gasteiger partial charge in [0, 0.05) is 18.1 Å². The fraction of sp³-hybridized carbons (Fsp3) is 0.250. The van der Waals surface area contributed by atoms with Gasteiger partial charge < -0.3 is 10.4 Å². The number of benzene rings is 1. The van der Waals surface area contributed by atoms with Crippen LogP contribution in [-0.2, 0) is 13.1 Å². The van der Waals surface area contributed by atoms with Crippen molar-refractivity contribution in [2.45, 2.75) is 13.1 Å². The lowest BCUT2D eigenvalue weighted by molar-refractivity contribution is 0.0690. The number of nitrogens with one attached hydrogen (secondary N) is 1. The molecule has 0 atom stereocenters. The first-order valence-electron chi connectivity index (χ1n) is 5.74. The van der Waals surface area contributed by atoms with E-state index in [9.17, 15) is 4.79 Å². The van der Waals surface area contributed by atoms with Gasteiger partial charge in [0.1, 0.15) is 0 Å². The van der Waals surface area contributed by atoms with E-state index >= 15 is 0 Å². The van der Waals surface area contributed by atoms with Crippen LogP contribution in [0.4, 0.5) is 0 Å². The van der Waals surface area contributed by atoms with Gasteiger partial charge in [0.05, 0.1) is 12.7 Å². The van der Waals surface area contributed by atoms with Gasteiger partial charge in [0.15, 0.2) is 5.69 Å². The van der Waals surface area contributed by atoms with Crippen LogP contribution in [0.3, 0.4) is 0 Å². The molecule has 100 valence electrons. The Morgan fingerprint density at radius 2 is 2.21 bits per heavy atom. The van der Waals surface area contributed by atoms with Crippen molar-refractivity contribution in [3.8, 4) is 0 Å². The molecule has 2 aromatic rings. The lowest BCUT2D eigenvalue weighted by Gasteiger charge is -2.06. The molecule has 0 aliphatic rings. The molecule has 1 aromatic carbocycles. The van der Waals surface area contributed by atoms with Crippen molar-refractivity contribution >= 4 is 17.6 Å². The summed E-state index contributed by atoms with van der Waals surface area (Å²) in [7, 11) is 0. The van der Waals surface area contributed by atoms with Crippen LogP contribution in [0.2, 0.25) is 5.02 Å². The minimum absolute atomic E-state index is 0.0499. The highest BCUT2D eigenvalue weighted by molar-refractivity contribution is 6.31. The molecule has 0 saturated carbocycles. The zero-order valence-electron chi connectivity index (χ0n) is 10.1. The van der Waals surface area contributed by atoms with E-state index in [4.69, 9.17) is 16.7 Å². The summed E-state index contributed by atoms with van der Waals surface area (Å²) >= 11 is 6.03. The minimum atomic E-state index is -1.07. The first-order chi connectivity index (χ1) is 9.16. The van der Waals surface area contributed by atoms with Gasteiger partial charge >= 0.3 is 5.97 Å². The molecule has 0 spiro atoms. The topological polar surface area (TPSA) is 80.0 Å². The maximum atomic E-state index is 10.6. The molecule has 1 aromatic heterocycles. The number of halogens is 1. The van der Waals surface area contributed by atoms with Gasteiger partial charge in [-0.1, -0.05) is 35.0 Å². The average Bonchev–Trinajstić information content (AvgIpc) is 2.85. The van der Waals surface area contributed by atoms with Gasteiger partial charge in [0.25, 0.3) is 0 Å². The molecule has 0 saturated heterocycles. The van der Waals surface area contributed by atoms with Crippen LogP contribution >= 0.6 is 11.6 Å². The molecule has 19 heavy (non-hydrogen) atoms. The van der Waals surface area contributed by atoms with Gasteiger partial charge in [-0.2, -0.15) is 0 Å². The minimum Gasteiger partial charge on any atom is -0.476 e. The average molecular weight is 281 g/mol. The number of nitrogens with zero attached hydrogens (tertiary/aromatic N) is 3. The standard InChI is InChI=1S/C12H13ClN4O2/c13-10-4-2-1-3-9(10)7-14-5-6-17-8-11(12(18)19)15-16-17/h1-4,8,14H,5-7H2,(H,18,19). The molecule has 0 fully saturated rings. The second kappa shape index (κ2) is 6.31. The molecule has 0 aliphatic heterocycles. The third-order valence-corrected chi connectivity index (χ3v) is 2.92. The number of carbonyl (C=O) groups is 1. The van der Waals surface area contributed by atoms with Crippen molar-refractivity contribution in [2.24, 2.45) is 0 Å². The molecule has 0 radical (unpaired) electrons. The predicted molar refractivity (Wildman–Crippen MR) is 70.1 cm³/mol. The SMILES string of the molecule is O=C(O)c1cn(CCNCc2ccccc2Cl)nn1. The zero-order chi connectivity index (χ0) is 13.7. The smallest absolute Gasteiger partial charge is 0.358 e. The number of carboxylic acid groups (broad SMARTS) is 1. The van der Waals surface area contributed by atoms with Gasteiger partial charge in [0.2, 0.25) is 0 Å². The van der Waals surface area contributed by atoms with E-state index in [1.165, 1.54) is 10.9 Å². The fourth-order valence-electron chi connectivity index (χ4n) is 1.56. The highest BCUT2D eigenvalue weighted by Gasteiger charge is 2.07. The lowest BCUT2D eigenvalue weighted by atomic mass is 10.2. The number of aromatic nitrogens is 3. The summed E-state index contributed by atoms with van der Waals surface area (Å²) in [6, 6.07) is 7.61. The highest BCUT2D eigenvalue weighted by atomic mass is 35.5. The summed E-state index contributed by atoms with van der Waals surface area (Å²) in [5.41, 5.74) is 0.972. The van der Waals surface area contributed by atoms with Crippen molar-refractivity contribution in [2.75, 3.05) is 6.54 Å². The maximum absolute atomic E-state index is 10.6. The summed E-state index contributed by atoms with van der Waals surface area (Å²) in [6.45, 7) is 1.85. The van der Waals surface area contributed by atoms with E-state index < -0.39 is 5.97 Å². The van der Waals surface area contributed by atoms with E-state index in [-0.39, 0.29) is 5.69 Å². The van der Waals surface area contributed by atoms with Crippen molar-refractivity contribution < 1.29 is 9.90 Å². The van der Waals surface area contributed by atoms with Crippen molar-refractivity contribution in [3.05, 3.63) is 46.7 Å². The Kier molecular flexibility index (Phi) is 4.48. The van der Waals surface area contributed by atoms with E-state index in [0.717, 1.165) is 10.6 Å². The Bertz CT molecular complexity index is 570. The number of aromatic carboxylic acids is 1. The summed E-state index contributed by atoms with van der Waals surface area (Å²) in [4.78, 5) is 10.6. The second-order valence-corrected chi connectivity index (χ2v) is 4.35. The molecule has 1 heterocycles. The Morgan fingerprint density at radius 3 is 2.89 bits per heavy atom. The Balaban J connectivity index is 1.77. The summed E-state index contributed by atoms with van der Waals surface area (Å²) in [5, 5.41) is 19.9. The maximum Gasteiger partial charge on any atom is 0.358 e. The van der Waals surface area contributed by atoms with Crippen LogP contribution in [0.1, 0.15) is 16.1 Å². The van der Waals surface area contributed by atoms with Crippen molar-refractivity contribution in [3.63, 3.8) is 0 Å². The lowest BCUT2D eigenvalue weighted by Crippen LogP contribution is -2.20. The Morgan fingerprint density at radius 1 is 1.42 bits per heavy atom. The molecule has 6 nitrogen and oxygen atoms in total. The molecule has 2 rings (SSSR count). The van der Waals surface area contributed by atoms with Crippen LogP contribution in [0, 0.1) is 0 Å². The molecular weight excluding hydrogens is 268 g/mol. The summed E-state index contributed by atoms with van der Waals surface area (Å²) in [5.74, 6) is -1.07. The zero-order valence-corrected chi connectivity index (χ0v) is 10.8. The molecule has 7 heteroatoms. The third kappa shape index (κ3) is 3.77. The summed E-state index contributed by atoms with van der Waals surface area (Å²) < 4.78 is 1.49. The van der Waals surface area contributed by atoms with E-state index in [2.05, 4.69) is 15.6 Å². The van der Waals surface area contributed by atoms with Crippen LogP contribution in [-0.4, -0.2) is 32.6 Å². The van der Waals surface area contributed by atoms with Crippen molar-refractivity contribution in [1.82, 2.24) is 20.3 Å². The monoisotopic (exact) mass is 280 g/mol. The van der Waals surface area contributed by atoms with E-state index in [1.54, 1.807) is 0 Å². The number of hydrogen-bond acceptors (Lipinski definition) is 4. The number of hydrogen-bond donors (Lipinski definition) is 2. The summed E-state index contributed by atoms with van der Waals surface area (Å²) in [6.07, 6.45) is 1.40. The Labute approximate surface area is 115 Å². The fourth-order valence-corrected chi connectivity index (χ4v) is 1.77. The van der Waals surface area contributed by atoms with Gasteiger partial charge in [-0.15, -0.1) is 5.10 Å². The molecular formula is C12H13ClN4O2. The predicted octanol–water partition coefficient (Wildman–Crippen LogP) is 1.42. The second-order valence-electron chi connectivity index (χ2n) is 3.94. The van der Waals surface area contributed by atoms with Crippen LogP contribution in [0.15, 0.2) is 30.5 Å². The first-order valence-corrected chi connectivity index (χ1v) is 6.12. The van der Waals surface area contributed by atoms with Crippen LogP contribution in [0.25, 0.3) is 0 Å². The van der Waals surface area contributed by atoms with E-state index in [0.29, 0.717) is 19.6 Å². The number of carboxylic acids is 1. The molecule has 0 bridgehead atoms. The van der Waals surface area contributed by atoms with Gasteiger partial charge in [-0.05, 0) is 11.6 Å². The normalized spacial score (nSPS) is 10.6. The van der Waals surface area contributed by atoms with E-state index in [1.807, 2.05) is 24.3 Å². The van der Waals surface area contributed by atoms with Crippen LogP contribution in [0.5, 0.6) is 0 Å². The molecule has 2 N–H and O–H groups in total. The van der Waals surface area contributed by atoms with Crippen LogP contribution < -0.4 is 5.32 Å². The quantitative estimate of drug-likeness (QED) is 0.782. The Hall–Kier alpha value is -1.92. The van der Waals surface area contributed by atoms with Crippen molar-refractivity contribution in [1.29, 1.82) is 0 Å². The highest BCUT2D eigenvalue weighted by Crippen LogP contribution is 2.13. The molecule has 0 unspecified atom stereocenters. The first kappa shape index (κ1) is 13.5. The molecule has 0 aliphatic carbocycles. The largest absolute Gasteiger partial charge is 0.476 e. The van der Waals surface area contributed by atoms with Gasteiger partial charge in [-0.3, -0.25) is 4.68 Å². The van der Waals surface area contributed by atoms with Gasteiger partial charge in [-0.25, -0.2) is 4.79 Å². The third-order valence-electron chi connectivity index (χ3n) is 2.55.